The molecule has 1 heteroatoms. The van der Waals surface area contributed by atoms with E-state index in [2.05, 4.69) is 20.8 Å². The summed E-state index contributed by atoms with van der Waals surface area (Å²) >= 11 is 0. The second-order valence-corrected chi connectivity index (χ2v) is 4.48. The topological polar surface area (TPSA) is 17.1 Å². The van der Waals surface area contributed by atoms with Gasteiger partial charge >= 0.3 is 0 Å². The SMILES string of the molecule is [CH2]C(C)(C)CC(=O)CC(C)C. The standard InChI is InChI=1S/C10H19O/c1-8(2)6-9(11)7-10(3,4)5/h8H,3,6-7H2,1-2,4-5H3. The molecule has 1 radical (unpaired) electrons. The van der Waals surface area contributed by atoms with Crippen molar-refractivity contribution < 1.29 is 4.79 Å². The summed E-state index contributed by atoms with van der Waals surface area (Å²) in [7, 11) is 0. The van der Waals surface area contributed by atoms with Gasteiger partial charge in [0.25, 0.3) is 0 Å². The van der Waals surface area contributed by atoms with E-state index in [9.17, 15) is 4.79 Å². The molecule has 0 heterocycles. The molecule has 11 heavy (non-hydrogen) atoms. The lowest BCUT2D eigenvalue weighted by Crippen LogP contribution is -2.14. The highest BCUT2D eigenvalue weighted by Crippen LogP contribution is 2.20. The lowest BCUT2D eigenvalue weighted by atomic mass is 9.87. The van der Waals surface area contributed by atoms with E-state index in [1.54, 1.807) is 0 Å². The molecule has 0 aromatic carbocycles. The van der Waals surface area contributed by atoms with Gasteiger partial charge in [-0.15, -0.1) is 0 Å². The van der Waals surface area contributed by atoms with E-state index in [1.165, 1.54) is 0 Å². The van der Waals surface area contributed by atoms with Crippen LogP contribution in [0.3, 0.4) is 0 Å². The van der Waals surface area contributed by atoms with E-state index < -0.39 is 0 Å². The Kier molecular flexibility index (Phi) is 3.77. The highest BCUT2D eigenvalue weighted by molar-refractivity contribution is 5.79. The van der Waals surface area contributed by atoms with Crippen LogP contribution in [0.4, 0.5) is 0 Å². The van der Waals surface area contributed by atoms with Crippen molar-refractivity contribution in [2.24, 2.45) is 11.3 Å². The zero-order valence-electron chi connectivity index (χ0n) is 8.11. The molecule has 0 amide bonds. The Morgan fingerprint density at radius 3 is 2.18 bits per heavy atom. The van der Waals surface area contributed by atoms with Gasteiger partial charge in [0, 0.05) is 12.8 Å². The minimum Gasteiger partial charge on any atom is -0.300 e. The van der Waals surface area contributed by atoms with Gasteiger partial charge < -0.3 is 0 Å². The Labute approximate surface area is 70.2 Å². The number of ketones is 1. The minimum absolute atomic E-state index is 0.0913. The van der Waals surface area contributed by atoms with Crippen LogP contribution in [-0.4, -0.2) is 5.78 Å². The average molecular weight is 155 g/mol. The molecular formula is C10H19O. The molecule has 1 nitrogen and oxygen atoms in total. The van der Waals surface area contributed by atoms with Crippen molar-refractivity contribution in [2.45, 2.75) is 40.5 Å². The molecule has 0 N–H and O–H groups in total. The van der Waals surface area contributed by atoms with Crippen molar-refractivity contribution in [3.05, 3.63) is 6.92 Å². The van der Waals surface area contributed by atoms with E-state index in [0.29, 0.717) is 24.5 Å². The first kappa shape index (κ1) is 10.7. The van der Waals surface area contributed by atoms with Gasteiger partial charge in [0.1, 0.15) is 5.78 Å². The second kappa shape index (κ2) is 3.89. The first-order valence-corrected chi connectivity index (χ1v) is 4.18. The zero-order chi connectivity index (χ0) is 9.07. The maximum atomic E-state index is 11.2. The quantitative estimate of drug-likeness (QED) is 0.610. The molecule has 0 bridgehead atoms. The molecule has 0 fully saturated rings. The Bertz CT molecular complexity index is 128. The number of carbonyl (C=O) groups is 1. The van der Waals surface area contributed by atoms with Crippen molar-refractivity contribution in [1.29, 1.82) is 0 Å². The molecule has 0 aliphatic heterocycles. The zero-order valence-corrected chi connectivity index (χ0v) is 8.11. The van der Waals surface area contributed by atoms with Crippen LogP contribution in [0.15, 0.2) is 0 Å². The number of rotatable bonds is 4. The summed E-state index contributed by atoms with van der Waals surface area (Å²) in [5, 5.41) is 0. The Hall–Kier alpha value is -0.330. The van der Waals surface area contributed by atoms with Gasteiger partial charge in [-0.05, 0) is 18.3 Å². The summed E-state index contributed by atoms with van der Waals surface area (Å²) in [4.78, 5) is 11.2. The summed E-state index contributed by atoms with van der Waals surface area (Å²) in [5.74, 6) is 0.810. The third-order valence-electron chi connectivity index (χ3n) is 1.31. The lowest BCUT2D eigenvalue weighted by molar-refractivity contribution is -0.121. The van der Waals surface area contributed by atoms with E-state index in [4.69, 9.17) is 0 Å². The molecule has 0 aromatic rings. The van der Waals surface area contributed by atoms with Crippen LogP contribution >= 0.6 is 0 Å². The fourth-order valence-corrected chi connectivity index (χ4v) is 1.06. The Morgan fingerprint density at radius 2 is 1.91 bits per heavy atom. The van der Waals surface area contributed by atoms with Crippen molar-refractivity contribution in [2.75, 3.05) is 0 Å². The number of carbonyl (C=O) groups excluding carboxylic acids is 1. The summed E-state index contributed by atoms with van der Waals surface area (Å²) in [6.45, 7) is 12.0. The molecular weight excluding hydrogens is 136 g/mol. The largest absolute Gasteiger partial charge is 0.300 e. The van der Waals surface area contributed by atoms with Crippen LogP contribution in [0, 0.1) is 18.3 Å². The van der Waals surface area contributed by atoms with E-state index in [0.717, 1.165) is 0 Å². The lowest BCUT2D eigenvalue weighted by Gasteiger charge is -2.16. The first-order valence-electron chi connectivity index (χ1n) is 4.18. The van der Waals surface area contributed by atoms with E-state index >= 15 is 0 Å². The molecule has 65 valence electrons. The van der Waals surface area contributed by atoms with E-state index in [-0.39, 0.29) is 5.41 Å². The summed E-state index contributed by atoms with van der Waals surface area (Å²) in [6.07, 6.45) is 1.30. The van der Waals surface area contributed by atoms with Crippen LogP contribution < -0.4 is 0 Å². The van der Waals surface area contributed by atoms with Crippen LogP contribution in [-0.2, 0) is 4.79 Å². The van der Waals surface area contributed by atoms with Gasteiger partial charge in [0.15, 0.2) is 0 Å². The maximum absolute atomic E-state index is 11.2. The Morgan fingerprint density at radius 1 is 1.45 bits per heavy atom. The van der Waals surface area contributed by atoms with Gasteiger partial charge in [0.2, 0.25) is 0 Å². The second-order valence-electron chi connectivity index (χ2n) is 4.48. The number of Topliss-reactive ketones (excluding diaryl/α,β-unsaturated/α-hetero) is 1. The molecule has 0 spiro atoms. The molecule has 0 saturated heterocycles. The summed E-state index contributed by atoms with van der Waals surface area (Å²) < 4.78 is 0. The predicted octanol–water partition coefficient (Wildman–Crippen LogP) is 2.85. The fourth-order valence-electron chi connectivity index (χ4n) is 1.06. The van der Waals surface area contributed by atoms with Crippen molar-refractivity contribution in [1.82, 2.24) is 0 Å². The van der Waals surface area contributed by atoms with Crippen LogP contribution in [0.5, 0.6) is 0 Å². The van der Waals surface area contributed by atoms with Gasteiger partial charge in [-0.25, -0.2) is 0 Å². The third-order valence-corrected chi connectivity index (χ3v) is 1.31. The molecule has 0 aliphatic carbocycles. The van der Waals surface area contributed by atoms with Crippen molar-refractivity contribution >= 4 is 5.78 Å². The fraction of sp³-hybridized carbons (Fsp3) is 0.800. The van der Waals surface area contributed by atoms with Gasteiger partial charge in [-0.3, -0.25) is 4.79 Å². The van der Waals surface area contributed by atoms with Crippen molar-refractivity contribution in [3.8, 4) is 0 Å². The highest BCUT2D eigenvalue weighted by Gasteiger charge is 2.16. The summed E-state index contributed by atoms with van der Waals surface area (Å²) in [6, 6.07) is 0. The molecule has 0 aromatic heterocycles. The highest BCUT2D eigenvalue weighted by atomic mass is 16.1. The maximum Gasteiger partial charge on any atom is 0.133 e. The van der Waals surface area contributed by atoms with Gasteiger partial charge in [-0.1, -0.05) is 27.7 Å². The van der Waals surface area contributed by atoms with Gasteiger partial charge in [0.05, 0.1) is 0 Å². The van der Waals surface area contributed by atoms with Crippen LogP contribution in [0.1, 0.15) is 40.5 Å². The van der Waals surface area contributed by atoms with Gasteiger partial charge in [-0.2, -0.15) is 0 Å². The smallest absolute Gasteiger partial charge is 0.133 e. The van der Waals surface area contributed by atoms with Crippen molar-refractivity contribution in [3.63, 3.8) is 0 Å². The molecule has 0 atom stereocenters. The average Bonchev–Trinajstić information content (AvgIpc) is 1.53. The molecule has 0 saturated carbocycles. The molecule has 0 rings (SSSR count). The first-order chi connectivity index (χ1) is 4.81. The monoisotopic (exact) mass is 155 g/mol. The van der Waals surface area contributed by atoms with Crippen LogP contribution in [0.25, 0.3) is 0 Å². The van der Waals surface area contributed by atoms with E-state index in [1.807, 2.05) is 13.8 Å². The number of hydrogen-bond acceptors (Lipinski definition) is 1. The Balaban J connectivity index is 3.71. The third kappa shape index (κ3) is 7.57. The van der Waals surface area contributed by atoms with Crippen LogP contribution in [0.2, 0.25) is 0 Å². The number of hydrogen-bond donors (Lipinski definition) is 0. The minimum atomic E-state index is -0.0913. The normalized spacial score (nSPS) is 12.2. The molecule has 0 aliphatic rings. The molecule has 0 unspecified atom stereocenters. The summed E-state index contributed by atoms with van der Waals surface area (Å²) in [5.41, 5.74) is -0.0913. The predicted molar refractivity (Wildman–Crippen MR) is 48.2 cm³/mol.